The molecule has 0 aliphatic rings. The Balaban J connectivity index is 3.04. The molecule has 0 aliphatic carbocycles. The molecule has 1 rings (SSSR count). The van der Waals surface area contributed by atoms with Gasteiger partial charge in [-0.05, 0) is 37.1 Å². The molecule has 0 aliphatic heterocycles. The topological polar surface area (TPSA) is 80.3 Å². The normalized spacial score (nSPS) is 14.6. The maximum Gasteiger partial charge on any atom is 0.240 e. The number of rotatable bonds is 5. The smallest absolute Gasteiger partial charge is 0.224 e. The standard InChI is InChI=1S/C12H19NO4S2/c1-9(2)10(3)13-19(16,17)12-7-5-11(6-8-12)18(4,14)15/h5-10,13H,1-4H3. The van der Waals surface area contributed by atoms with Crippen LogP contribution in [0.5, 0.6) is 0 Å². The van der Waals surface area contributed by atoms with Gasteiger partial charge in [-0.25, -0.2) is 21.6 Å². The molecule has 1 unspecified atom stereocenters. The predicted octanol–water partition coefficient (Wildman–Crippen LogP) is 1.41. The lowest BCUT2D eigenvalue weighted by Crippen LogP contribution is -2.36. The van der Waals surface area contributed by atoms with E-state index in [1.54, 1.807) is 6.92 Å². The van der Waals surface area contributed by atoms with Crippen molar-refractivity contribution in [1.29, 1.82) is 0 Å². The minimum atomic E-state index is -3.61. The summed E-state index contributed by atoms with van der Waals surface area (Å²) in [6.45, 7) is 5.62. The van der Waals surface area contributed by atoms with Gasteiger partial charge in [-0.3, -0.25) is 0 Å². The first kappa shape index (κ1) is 16.1. The van der Waals surface area contributed by atoms with Crippen LogP contribution in [-0.4, -0.2) is 29.1 Å². The van der Waals surface area contributed by atoms with Crippen LogP contribution in [0.1, 0.15) is 20.8 Å². The molecule has 1 aromatic carbocycles. The zero-order valence-corrected chi connectivity index (χ0v) is 13.0. The SMILES string of the molecule is CC(C)C(C)NS(=O)(=O)c1ccc(S(C)(=O)=O)cc1. The van der Waals surface area contributed by atoms with Gasteiger partial charge in [-0.15, -0.1) is 0 Å². The average Bonchev–Trinajstić information content (AvgIpc) is 2.27. The third-order valence-electron chi connectivity index (χ3n) is 2.90. The van der Waals surface area contributed by atoms with Crippen LogP contribution in [0.3, 0.4) is 0 Å². The zero-order chi connectivity index (χ0) is 14.8. The first-order valence-electron chi connectivity index (χ1n) is 5.86. The lowest BCUT2D eigenvalue weighted by molar-refractivity contribution is 0.476. The number of benzene rings is 1. The van der Waals surface area contributed by atoms with E-state index in [0.717, 1.165) is 6.26 Å². The van der Waals surface area contributed by atoms with E-state index in [-0.39, 0.29) is 21.8 Å². The maximum atomic E-state index is 12.0. The summed E-state index contributed by atoms with van der Waals surface area (Å²) in [5.74, 6) is 0.171. The summed E-state index contributed by atoms with van der Waals surface area (Å²) in [6, 6.07) is 4.99. The fourth-order valence-electron chi connectivity index (χ4n) is 1.31. The second-order valence-corrected chi connectivity index (χ2v) is 8.63. The Labute approximate surface area is 115 Å². The predicted molar refractivity (Wildman–Crippen MR) is 74.2 cm³/mol. The summed E-state index contributed by atoms with van der Waals surface area (Å²) < 4.78 is 49.2. The highest BCUT2D eigenvalue weighted by molar-refractivity contribution is 7.90. The van der Waals surface area contributed by atoms with E-state index >= 15 is 0 Å². The van der Waals surface area contributed by atoms with Crippen molar-refractivity contribution in [3.8, 4) is 0 Å². The number of sulfone groups is 1. The van der Waals surface area contributed by atoms with Crippen molar-refractivity contribution >= 4 is 19.9 Å². The van der Waals surface area contributed by atoms with Crippen molar-refractivity contribution in [2.24, 2.45) is 5.92 Å². The van der Waals surface area contributed by atoms with Crippen LogP contribution in [-0.2, 0) is 19.9 Å². The van der Waals surface area contributed by atoms with E-state index in [0.29, 0.717) is 0 Å². The fraction of sp³-hybridized carbons (Fsp3) is 0.500. The van der Waals surface area contributed by atoms with Crippen molar-refractivity contribution in [1.82, 2.24) is 4.72 Å². The molecule has 0 saturated carbocycles. The van der Waals surface area contributed by atoms with Crippen LogP contribution >= 0.6 is 0 Å². The Morgan fingerprint density at radius 1 is 0.895 bits per heavy atom. The quantitative estimate of drug-likeness (QED) is 0.892. The highest BCUT2D eigenvalue weighted by atomic mass is 32.2. The highest BCUT2D eigenvalue weighted by Crippen LogP contribution is 2.15. The van der Waals surface area contributed by atoms with Gasteiger partial charge in [0.25, 0.3) is 0 Å². The van der Waals surface area contributed by atoms with Crippen molar-refractivity contribution < 1.29 is 16.8 Å². The van der Waals surface area contributed by atoms with E-state index in [1.807, 2.05) is 13.8 Å². The van der Waals surface area contributed by atoms with Crippen molar-refractivity contribution in [3.63, 3.8) is 0 Å². The molecule has 1 N–H and O–H groups in total. The molecule has 0 spiro atoms. The van der Waals surface area contributed by atoms with Crippen molar-refractivity contribution in [2.45, 2.75) is 36.6 Å². The average molecular weight is 305 g/mol. The van der Waals surface area contributed by atoms with Gasteiger partial charge in [0.1, 0.15) is 0 Å². The van der Waals surface area contributed by atoms with Crippen LogP contribution in [0.4, 0.5) is 0 Å². The fourth-order valence-corrected chi connectivity index (χ4v) is 3.34. The van der Waals surface area contributed by atoms with Crippen LogP contribution < -0.4 is 4.72 Å². The molecule has 0 heterocycles. The Hall–Kier alpha value is -0.920. The van der Waals surface area contributed by atoms with E-state index in [4.69, 9.17) is 0 Å². The minimum Gasteiger partial charge on any atom is -0.224 e. The summed E-state index contributed by atoms with van der Waals surface area (Å²) in [4.78, 5) is 0.163. The van der Waals surface area contributed by atoms with Gasteiger partial charge in [0.15, 0.2) is 9.84 Å². The molecule has 1 atom stereocenters. The van der Waals surface area contributed by atoms with Crippen molar-refractivity contribution in [2.75, 3.05) is 6.26 Å². The summed E-state index contributed by atoms with van der Waals surface area (Å²) in [5.41, 5.74) is 0. The Morgan fingerprint density at radius 3 is 1.68 bits per heavy atom. The van der Waals surface area contributed by atoms with Gasteiger partial charge in [0.05, 0.1) is 9.79 Å². The maximum absolute atomic E-state index is 12.0. The second-order valence-electron chi connectivity index (χ2n) is 4.90. The molecule has 7 heteroatoms. The van der Waals surface area contributed by atoms with E-state index in [2.05, 4.69) is 4.72 Å². The van der Waals surface area contributed by atoms with E-state index in [9.17, 15) is 16.8 Å². The lowest BCUT2D eigenvalue weighted by Gasteiger charge is -2.17. The number of nitrogens with one attached hydrogen (secondary N) is 1. The molecular formula is C12H19NO4S2. The molecule has 108 valence electrons. The summed E-state index contributed by atoms with van der Waals surface area (Å²) in [6.07, 6.45) is 1.08. The van der Waals surface area contributed by atoms with Crippen LogP contribution in [0.2, 0.25) is 0 Å². The third kappa shape index (κ3) is 4.29. The monoisotopic (exact) mass is 305 g/mol. The molecule has 1 aromatic rings. The molecule has 0 saturated heterocycles. The van der Waals surface area contributed by atoms with Gasteiger partial charge < -0.3 is 0 Å². The molecule has 0 radical (unpaired) electrons. The van der Waals surface area contributed by atoms with Crippen LogP contribution in [0.25, 0.3) is 0 Å². The molecule has 19 heavy (non-hydrogen) atoms. The van der Waals surface area contributed by atoms with E-state index in [1.165, 1.54) is 24.3 Å². The molecule has 0 fully saturated rings. The number of hydrogen-bond donors (Lipinski definition) is 1. The van der Waals surface area contributed by atoms with Gasteiger partial charge >= 0.3 is 0 Å². The number of hydrogen-bond acceptors (Lipinski definition) is 4. The summed E-state index contributed by atoms with van der Waals surface area (Å²) >= 11 is 0. The first-order valence-corrected chi connectivity index (χ1v) is 9.24. The van der Waals surface area contributed by atoms with Gasteiger partial charge in [0.2, 0.25) is 10.0 Å². The highest BCUT2D eigenvalue weighted by Gasteiger charge is 2.19. The molecular weight excluding hydrogens is 286 g/mol. The summed E-state index contributed by atoms with van der Waals surface area (Å²) in [7, 11) is -6.93. The van der Waals surface area contributed by atoms with E-state index < -0.39 is 19.9 Å². The molecule has 0 amide bonds. The molecule has 0 bridgehead atoms. The zero-order valence-electron chi connectivity index (χ0n) is 11.4. The Bertz CT molecular complexity index is 631. The van der Waals surface area contributed by atoms with Gasteiger partial charge in [0, 0.05) is 12.3 Å². The lowest BCUT2D eigenvalue weighted by atomic mass is 10.1. The second kappa shape index (κ2) is 5.60. The Morgan fingerprint density at radius 2 is 1.32 bits per heavy atom. The Kier molecular flexibility index (Phi) is 4.76. The number of sulfonamides is 1. The summed E-state index contributed by atoms with van der Waals surface area (Å²) in [5, 5.41) is 0. The third-order valence-corrected chi connectivity index (χ3v) is 5.61. The van der Waals surface area contributed by atoms with Gasteiger partial charge in [-0.1, -0.05) is 13.8 Å². The first-order chi connectivity index (χ1) is 8.54. The largest absolute Gasteiger partial charge is 0.240 e. The van der Waals surface area contributed by atoms with Crippen molar-refractivity contribution in [3.05, 3.63) is 24.3 Å². The molecule has 5 nitrogen and oxygen atoms in total. The molecule has 0 aromatic heterocycles. The van der Waals surface area contributed by atoms with Gasteiger partial charge in [-0.2, -0.15) is 0 Å². The van der Waals surface area contributed by atoms with Crippen LogP contribution in [0, 0.1) is 5.92 Å². The minimum absolute atomic E-state index is 0.0624. The van der Waals surface area contributed by atoms with Crippen LogP contribution in [0.15, 0.2) is 34.1 Å².